The van der Waals surface area contributed by atoms with Crippen LogP contribution in [0.15, 0.2) is 179 Å². The van der Waals surface area contributed by atoms with Gasteiger partial charge in [-0.2, -0.15) is 9.13 Å². The van der Waals surface area contributed by atoms with Crippen LogP contribution in [-0.2, 0) is 9.59 Å². The Morgan fingerprint density at radius 3 is 1.19 bits per heavy atom. The van der Waals surface area contributed by atoms with Crippen molar-refractivity contribution in [2.45, 2.75) is 94.2 Å². The SMILES string of the molecule is COc1cc[n+](C2CC(C)(C)C(/C=C/C(C)=C/C=C/C(C)=C/C=C/C=C(C)/C=C/C=C(C)/C=C/C3=C(C)C(=O)C([n+]4ccc(OC)cc4)CC3(C)C)=C(C)C2=O)cc1. The van der Waals surface area contributed by atoms with E-state index in [1.165, 1.54) is 0 Å². The fourth-order valence-corrected chi connectivity index (χ4v) is 7.64. The fraction of sp³-hybridized carbons (Fsp3) is 0.346. The van der Waals surface area contributed by atoms with Crippen LogP contribution in [0.1, 0.15) is 94.2 Å². The number of ketones is 2. The smallest absolute Gasteiger partial charge is 0.226 e. The highest BCUT2D eigenvalue weighted by atomic mass is 16.5. The number of pyridine rings is 2. The molecule has 2 aromatic rings. The Labute approximate surface area is 348 Å². The van der Waals surface area contributed by atoms with Gasteiger partial charge in [0, 0.05) is 48.3 Å². The molecule has 2 atom stereocenters. The Balaban J connectivity index is 1.31. The summed E-state index contributed by atoms with van der Waals surface area (Å²) < 4.78 is 14.6. The van der Waals surface area contributed by atoms with Gasteiger partial charge in [-0.1, -0.05) is 135 Å². The van der Waals surface area contributed by atoms with Gasteiger partial charge in [0.1, 0.15) is 11.5 Å². The molecule has 2 aliphatic carbocycles. The van der Waals surface area contributed by atoms with Crippen molar-refractivity contribution in [2.24, 2.45) is 10.8 Å². The van der Waals surface area contributed by atoms with E-state index in [0.717, 1.165) is 68.9 Å². The Kier molecular flexibility index (Phi) is 15.7. The quantitative estimate of drug-likeness (QED) is 0.141. The summed E-state index contributed by atoms with van der Waals surface area (Å²) in [6, 6.07) is 7.12. The molecule has 0 bridgehead atoms. The first-order chi connectivity index (χ1) is 27.5. The average Bonchev–Trinajstić information content (AvgIpc) is 3.19. The molecular weight excluding hydrogens is 717 g/mol. The lowest BCUT2D eigenvalue weighted by Gasteiger charge is -2.34. The normalized spacial score (nSPS) is 21.2. The van der Waals surface area contributed by atoms with E-state index in [-0.39, 0.29) is 34.5 Å². The number of hydrogen-bond acceptors (Lipinski definition) is 4. The van der Waals surface area contributed by atoms with Gasteiger partial charge in [-0.25, -0.2) is 0 Å². The molecule has 2 aromatic heterocycles. The zero-order valence-corrected chi connectivity index (χ0v) is 36.8. The highest BCUT2D eigenvalue weighted by Gasteiger charge is 2.44. The minimum atomic E-state index is -0.226. The van der Waals surface area contributed by atoms with Gasteiger partial charge in [0.2, 0.25) is 23.7 Å². The molecule has 0 saturated carbocycles. The summed E-state index contributed by atoms with van der Waals surface area (Å²) in [6.07, 6.45) is 38.4. The van der Waals surface area contributed by atoms with Gasteiger partial charge in [0.05, 0.1) is 14.2 Å². The maximum absolute atomic E-state index is 13.4. The van der Waals surface area contributed by atoms with Gasteiger partial charge in [0.25, 0.3) is 0 Å². The summed E-state index contributed by atoms with van der Waals surface area (Å²) in [5, 5.41) is 0. The standard InChI is InChI=1S/C52H64N2O4/c1-37(19-15-21-39(3)23-25-45-41(5)49(55)47(35-51(45,7)8)53-31-27-43(57-11)28-32-53)17-13-14-18-38(2)20-16-22-40(4)24-26-46-42(6)50(56)48(36-52(46,9)10)54-33-29-44(58-12)30-34-54/h13-34,47-48H,35-36H2,1-12H3/q+2/b14-13+,19-15+,20-16+,25-23+,26-24+,37-17+,38-18+,39-21+,40-22+. The molecule has 2 unspecified atom stereocenters. The van der Waals surface area contributed by atoms with Crippen molar-refractivity contribution in [3.63, 3.8) is 0 Å². The van der Waals surface area contributed by atoms with Crippen molar-refractivity contribution in [1.82, 2.24) is 0 Å². The van der Waals surface area contributed by atoms with Gasteiger partial charge >= 0.3 is 0 Å². The minimum absolute atomic E-state index is 0.152. The molecule has 0 radical (unpaired) electrons. The summed E-state index contributed by atoms with van der Waals surface area (Å²) in [5.74, 6) is 1.87. The van der Waals surface area contributed by atoms with E-state index < -0.39 is 0 Å². The molecule has 0 N–H and O–H groups in total. The average molecular weight is 781 g/mol. The van der Waals surface area contributed by atoms with Crippen molar-refractivity contribution < 1.29 is 28.2 Å². The van der Waals surface area contributed by atoms with E-state index >= 15 is 0 Å². The van der Waals surface area contributed by atoms with E-state index in [9.17, 15) is 9.59 Å². The van der Waals surface area contributed by atoms with Crippen molar-refractivity contribution in [3.05, 3.63) is 179 Å². The van der Waals surface area contributed by atoms with Crippen molar-refractivity contribution in [2.75, 3.05) is 14.2 Å². The molecule has 0 spiro atoms. The lowest BCUT2D eigenvalue weighted by molar-refractivity contribution is -0.711. The van der Waals surface area contributed by atoms with Gasteiger partial charge in [-0.3, -0.25) is 9.59 Å². The van der Waals surface area contributed by atoms with Crippen LogP contribution >= 0.6 is 0 Å². The Morgan fingerprint density at radius 2 is 0.862 bits per heavy atom. The molecule has 0 amide bonds. The number of nitrogens with zero attached hydrogens (tertiary/aromatic N) is 2. The molecular formula is C52H64N2O4+2. The highest BCUT2D eigenvalue weighted by Crippen LogP contribution is 2.43. The Hall–Kier alpha value is -5.62. The van der Waals surface area contributed by atoms with Crippen LogP contribution in [0.5, 0.6) is 11.5 Å². The van der Waals surface area contributed by atoms with E-state index in [0.29, 0.717) is 0 Å². The van der Waals surface area contributed by atoms with Gasteiger partial charge < -0.3 is 9.47 Å². The predicted octanol–water partition coefficient (Wildman–Crippen LogP) is 11.3. The molecule has 2 heterocycles. The maximum atomic E-state index is 13.4. The van der Waals surface area contributed by atoms with E-state index in [1.807, 2.05) is 84.2 Å². The molecule has 4 rings (SSSR count). The first-order valence-corrected chi connectivity index (χ1v) is 20.2. The monoisotopic (exact) mass is 780 g/mol. The van der Waals surface area contributed by atoms with E-state index in [4.69, 9.17) is 9.47 Å². The summed E-state index contributed by atoms with van der Waals surface area (Å²) in [5.41, 5.74) is 8.01. The molecule has 0 fully saturated rings. The molecule has 6 heteroatoms. The fourth-order valence-electron chi connectivity index (χ4n) is 7.64. The Bertz CT molecular complexity index is 2020. The maximum Gasteiger partial charge on any atom is 0.226 e. The third-order valence-corrected chi connectivity index (χ3v) is 11.1. The van der Waals surface area contributed by atoms with Gasteiger partial charge in [0.15, 0.2) is 24.8 Å². The third kappa shape index (κ3) is 12.0. The van der Waals surface area contributed by atoms with Crippen LogP contribution in [0.2, 0.25) is 0 Å². The summed E-state index contributed by atoms with van der Waals surface area (Å²) >= 11 is 0. The zero-order chi connectivity index (χ0) is 42.6. The second-order valence-electron chi connectivity index (χ2n) is 16.8. The first-order valence-electron chi connectivity index (χ1n) is 20.2. The van der Waals surface area contributed by atoms with Crippen molar-refractivity contribution in [3.8, 4) is 11.5 Å². The number of methoxy groups -OCH3 is 2. The van der Waals surface area contributed by atoms with Crippen LogP contribution in [0.4, 0.5) is 0 Å². The number of rotatable bonds is 14. The molecule has 0 aliphatic heterocycles. The number of allylic oxidation sites excluding steroid dienone is 22. The second kappa shape index (κ2) is 20.2. The molecule has 6 nitrogen and oxygen atoms in total. The van der Waals surface area contributed by atoms with Crippen LogP contribution in [0.3, 0.4) is 0 Å². The largest absolute Gasteiger partial charge is 0.496 e. The lowest BCUT2D eigenvalue weighted by Crippen LogP contribution is -2.48. The first kappa shape index (κ1) is 45.1. The number of aromatic nitrogens is 2. The van der Waals surface area contributed by atoms with E-state index in [2.05, 4.69) is 128 Å². The van der Waals surface area contributed by atoms with Crippen LogP contribution < -0.4 is 18.6 Å². The molecule has 304 valence electrons. The predicted molar refractivity (Wildman–Crippen MR) is 237 cm³/mol. The van der Waals surface area contributed by atoms with Crippen LogP contribution in [0, 0.1) is 10.8 Å². The van der Waals surface area contributed by atoms with Gasteiger partial charge in [-0.15, -0.1) is 0 Å². The van der Waals surface area contributed by atoms with Crippen LogP contribution in [0.25, 0.3) is 0 Å². The lowest BCUT2D eigenvalue weighted by atomic mass is 9.70. The van der Waals surface area contributed by atoms with Crippen molar-refractivity contribution in [1.29, 1.82) is 0 Å². The number of carbonyl (C=O) groups is 2. The zero-order valence-electron chi connectivity index (χ0n) is 36.8. The number of hydrogen-bond donors (Lipinski definition) is 0. The number of ether oxygens (including phenoxy) is 2. The highest BCUT2D eigenvalue weighted by molar-refractivity contribution is 5.99. The number of carbonyl (C=O) groups excluding carboxylic acids is 2. The molecule has 2 aliphatic rings. The van der Waals surface area contributed by atoms with Gasteiger partial charge in [-0.05, 0) is 63.5 Å². The summed E-state index contributed by atoms with van der Waals surface area (Å²) in [7, 11) is 3.29. The second-order valence-corrected chi connectivity index (χ2v) is 16.8. The van der Waals surface area contributed by atoms with E-state index in [1.54, 1.807) is 14.2 Å². The molecule has 0 aromatic carbocycles. The molecule has 58 heavy (non-hydrogen) atoms. The van der Waals surface area contributed by atoms with Crippen molar-refractivity contribution >= 4 is 11.6 Å². The van der Waals surface area contributed by atoms with Crippen LogP contribution in [-0.4, -0.2) is 25.8 Å². The third-order valence-electron chi connectivity index (χ3n) is 11.1. The summed E-state index contributed by atoms with van der Waals surface area (Å²) in [6.45, 7) is 21.1. The topological polar surface area (TPSA) is 60.4 Å². The Morgan fingerprint density at radius 1 is 0.552 bits per heavy atom. The minimum Gasteiger partial charge on any atom is -0.496 e. The molecule has 0 saturated heterocycles. The number of Topliss-reactive ketones (excluding diaryl/α,β-unsaturated/α-hetero) is 2. The summed E-state index contributed by atoms with van der Waals surface area (Å²) in [4.78, 5) is 26.9.